The summed E-state index contributed by atoms with van der Waals surface area (Å²) in [5, 5.41) is 4.50. The molecule has 1 aliphatic heterocycles. The standard InChI is InChI=1S/C17H19N3O2.K.H/c1-12-15(5-4-10-21)17(19(2)18-12)20-9-8-13-6-7-14(22-3)11-16(13)20;;/h4-7,10-11H,8-9H2,1-3H3;;/b5-4+;;. The number of aromatic nitrogens is 2. The van der Waals surface area contributed by atoms with Gasteiger partial charge in [0.05, 0.1) is 12.8 Å². The van der Waals surface area contributed by atoms with Crippen molar-refractivity contribution in [3.8, 4) is 5.75 Å². The van der Waals surface area contributed by atoms with Gasteiger partial charge < -0.3 is 9.64 Å². The Morgan fingerprint density at radius 1 is 1.35 bits per heavy atom. The summed E-state index contributed by atoms with van der Waals surface area (Å²) < 4.78 is 7.21. The van der Waals surface area contributed by atoms with Crippen LogP contribution in [0.2, 0.25) is 0 Å². The van der Waals surface area contributed by atoms with E-state index >= 15 is 0 Å². The average Bonchev–Trinajstić information content (AvgIpc) is 3.04. The molecule has 0 atom stereocenters. The maximum absolute atomic E-state index is 10.7. The summed E-state index contributed by atoms with van der Waals surface area (Å²) in [7, 11) is 3.60. The Balaban J connectivity index is 0.00000192. The molecule has 0 spiro atoms. The van der Waals surface area contributed by atoms with E-state index in [1.165, 1.54) is 11.6 Å². The molecule has 23 heavy (non-hydrogen) atoms. The van der Waals surface area contributed by atoms with E-state index in [-0.39, 0.29) is 51.4 Å². The van der Waals surface area contributed by atoms with Crippen LogP contribution >= 0.6 is 0 Å². The van der Waals surface area contributed by atoms with E-state index in [1.807, 2.05) is 30.8 Å². The first-order valence-electron chi connectivity index (χ1n) is 7.25. The summed E-state index contributed by atoms with van der Waals surface area (Å²) in [5.74, 6) is 1.84. The number of nitrogens with zero attached hydrogens (tertiary/aromatic N) is 3. The van der Waals surface area contributed by atoms with Gasteiger partial charge in [-0.25, -0.2) is 0 Å². The molecular formula is C17H20KN3O2. The molecule has 0 amide bonds. The summed E-state index contributed by atoms with van der Waals surface area (Å²) in [5.41, 5.74) is 4.32. The van der Waals surface area contributed by atoms with Crippen LogP contribution in [-0.2, 0) is 18.3 Å². The van der Waals surface area contributed by atoms with Crippen LogP contribution in [-0.4, -0.2) is 81.1 Å². The van der Waals surface area contributed by atoms with Crippen LogP contribution in [0.15, 0.2) is 24.3 Å². The number of carbonyl (C=O) groups is 1. The summed E-state index contributed by atoms with van der Waals surface area (Å²) in [6.45, 7) is 2.85. The molecule has 0 N–H and O–H groups in total. The molecule has 0 saturated carbocycles. The van der Waals surface area contributed by atoms with Gasteiger partial charge in [0.2, 0.25) is 0 Å². The number of benzene rings is 1. The second kappa shape index (κ2) is 7.76. The first-order valence-corrected chi connectivity index (χ1v) is 7.25. The van der Waals surface area contributed by atoms with Crippen LogP contribution in [0.4, 0.5) is 11.5 Å². The van der Waals surface area contributed by atoms with Crippen molar-refractivity contribution in [2.45, 2.75) is 13.3 Å². The van der Waals surface area contributed by atoms with Gasteiger partial charge in [-0.2, -0.15) is 5.10 Å². The van der Waals surface area contributed by atoms with E-state index in [0.717, 1.165) is 47.8 Å². The first kappa shape index (κ1) is 18.4. The van der Waals surface area contributed by atoms with Crippen molar-refractivity contribution in [1.82, 2.24) is 9.78 Å². The third kappa shape index (κ3) is 3.46. The number of methoxy groups -OCH3 is 1. The van der Waals surface area contributed by atoms with E-state index in [0.29, 0.717) is 0 Å². The zero-order chi connectivity index (χ0) is 15.7. The van der Waals surface area contributed by atoms with Crippen molar-refractivity contribution in [3.05, 3.63) is 41.1 Å². The third-order valence-electron chi connectivity index (χ3n) is 4.02. The second-order valence-electron chi connectivity index (χ2n) is 5.34. The number of fused-ring (bicyclic) bond motifs is 1. The van der Waals surface area contributed by atoms with E-state index < -0.39 is 0 Å². The fourth-order valence-electron chi connectivity index (χ4n) is 3.02. The van der Waals surface area contributed by atoms with Gasteiger partial charge in [-0.15, -0.1) is 0 Å². The number of anilines is 2. The van der Waals surface area contributed by atoms with E-state index in [9.17, 15) is 4.79 Å². The van der Waals surface area contributed by atoms with Crippen molar-refractivity contribution in [3.63, 3.8) is 0 Å². The van der Waals surface area contributed by atoms with Gasteiger partial charge in [0.25, 0.3) is 0 Å². The number of allylic oxidation sites excluding steroid dienone is 1. The van der Waals surface area contributed by atoms with Gasteiger partial charge in [0.1, 0.15) is 17.9 Å². The van der Waals surface area contributed by atoms with Crippen molar-refractivity contribution in [2.24, 2.45) is 7.05 Å². The topological polar surface area (TPSA) is 47.4 Å². The minimum atomic E-state index is 0. The van der Waals surface area contributed by atoms with Gasteiger partial charge in [-0.3, -0.25) is 9.48 Å². The number of ether oxygens (including phenoxy) is 1. The normalized spacial score (nSPS) is 13.1. The fourth-order valence-corrected chi connectivity index (χ4v) is 3.02. The predicted octanol–water partition coefficient (Wildman–Crippen LogP) is 1.99. The Bertz CT molecular complexity index is 753. The summed E-state index contributed by atoms with van der Waals surface area (Å²) in [4.78, 5) is 12.9. The summed E-state index contributed by atoms with van der Waals surface area (Å²) >= 11 is 0. The molecule has 5 nitrogen and oxygen atoms in total. The zero-order valence-corrected chi connectivity index (χ0v) is 13.0. The summed E-state index contributed by atoms with van der Waals surface area (Å²) in [6.07, 6.45) is 5.11. The second-order valence-corrected chi connectivity index (χ2v) is 5.34. The maximum atomic E-state index is 10.7. The molecule has 6 heteroatoms. The van der Waals surface area contributed by atoms with Crippen molar-refractivity contribution < 1.29 is 9.53 Å². The Kier molecular flexibility index (Phi) is 6.22. The van der Waals surface area contributed by atoms with Crippen LogP contribution in [0, 0.1) is 6.92 Å². The van der Waals surface area contributed by atoms with Gasteiger partial charge >= 0.3 is 51.4 Å². The molecule has 2 aromatic rings. The molecule has 0 bridgehead atoms. The number of hydrogen-bond donors (Lipinski definition) is 0. The first-order chi connectivity index (χ1) is 10.7. The molecule has 2 heterocycles. The Labute approximate surface area is 178 Å². The summed E-state index contributed by atoms with van der Waals surface area (Å²) in [6, 6.07) is 6.15. The molecule has 0 unspecified atom stereocenters. The number of rotatable bonds is 4. The van der Waals surface area contributed by atoms with Gasteiger partial charge in [0, 0.05) is 30.9 Å². The Hall–Kier alpha value is -0.924. The van der Waals surface area contributed by atoms with Crippen LogP contribution in [0.1, 0.15) is 16.8 Å². The van der Waals surface area contributed by atoms with Gasteiger partial charge in [-0.1, -0.05) is 6.07 Å². The molecule has 0 radical (unpaired) electrons. The SMILES string of the molecule is COc1ccc2c(c1)N(c1c(/C=C/C=O)c(C)nn1C)CC2.[KH]. The third-order valence-corrected chi connectivity index (χ3v) is 4.02. The molecule has 116 valence electrons. The zero-order valence-electron chi connectivity index (χ0n) is 13.0. The molecule has 0 fully saturated rings. The molecule has 1 aromatic carbocycles. The van der Waals surface area contributed by atoms with Gasteiger partial charge in [0.15, 0.2) is 0 Å². The number of hydrogen-bond acceptors (Lipinski definition) is 4. The van der Waals surface area contributed by atoms with Crippen molar-refractivity contribution in [1.29, 1.82) is 0 Å². The Morgan fingerprint density at radius 3 is 2.83 bits per heavy atom. The number of carbonyl (C=O) groups excluding carboxylic acids is 1. The quantitative estimate of drug-likeness (QED) is 0.486. The monoisotopic (exact) mass is 337 g/mol. The number of aldehydes is 1. The average molecular weight is 337 g/mol. The fraction of sp³-hybridized carbons (Fsp3) is 0.294. The molecular weight excluding hydrogens is 317 g/mol. The predicted molar refractivity (Wildman–Crippen MR) is 93.9 cm³/mol. The van der Waals surface area contributed by atoms with Crippen LogP contribution in [0.5, 0.6) is 5.75 Å². The van der Waals surface area contributed by atoms with Crippen LogP contribution in [0.3, 0.4) is 0 Å². The molecule has 0 saturated heterocycles. The molecule has 1 aliphatic rings. The molecule has 1 aromatic heterocycles. The Morgan fingerprint density at radius 2 is 2.13 bits per heavy atom. The van der Waals surface area contributed by atoms with Crippen LogP contribution in [0.25, 0.3) is 6.08 Å². The van der Waals surface area contributed by atoms with Crippen molar-refractivity contribution >= 4 is 75.3 Å². The molecule has 3 rings (SSSR count). The van der Waals surface area contributed by atoms with E-state index in [4.69, 9.17) is 4.74 Å². The molecule has 0 aliphatic carbocycles. The van der Waals surface area contributed by atoms with E-state index in [1.54, 1.807) is 7.11 Å². The number of aryl methyl sites for hydroxylation is 2. The minimum absolute atomic E-state index is 0. The van der Waals surface area contributed by atoms with Crippen LogP contribution < -0.4 is 9.64 Å². The van der Waals surface area contributed by atoms with E-state index in [2.05, 4.69) is 22.1 Å². The van der Waals surface area contributed by atoms with Gasteiger partial charge in [-0.05, 0) is 37.1 Å². The van der Waals surface area contributed by atoms with Crippen molar-refractivity contribution in [2.75, 3.05) is 18.6 Å².